The molecule has 0 unspecified atom stereocenters. The summed E-state index contributed by atoms with van der Waals surface area (Å²) in [5, 5.41) is 12.7. The smallest absolute Gasteiger partial charge is 0.277 e. The number of hydrogen-bond acceptors (Lipinski definition) is 7. The number of amides is 1. The minimum atomic E-state index is -0.416. The molecular formula is C15H19ClN5O3-. The van der Waals surface area contributed by atoms with E-state index in [1.807, 2.05) is 24.3 Å². The van der Waals surface area contributed by atoms with E-state index >= 15 is 0 Å². The molecule has 0 aliphatic rings. The van der Waals surface area contributed by atoms with E-state index < -0.39 is 5.91 Å². The zero-order valence-electron chi connectivity index (χ0n) is 13.0. The molecule has 0 saturated carbocycles. The summed E-state index contributed by atoms with van der Waals surface area (Å²) >= 11 is 0. The fraction of sp³-hybridized carbons (Fsp3) is 0.267. The number of carbonyl (C=O) groups excluding carboxylic acids is 1. The molecule has 1 aromatic heterocycles. The number of nitrogens with zero attached hydrogens (tertiary/aromatic N) is 2. The maximum absolute atomic E-state index is 11.7. The Morgan fingerprint density at radius 3 is 2.83 bits per heavy atom. The van der Waals surface area contributed by atoms with Crippen LogP contribution in [0.25, 0.3) is 0 Å². The minimum Gasteiger partial charge on any atom is -1.00 e. The van der Waals surface area contributed by atoms with Gasteiger partial charge in [-0.3, -0.25) is 4.79 Å². The van der Waals surface area contributed by atoms with Gasteiger partial charge in [-0.05, 0) is 16.4 Å². The Balaban J connectivity index is 0.00000288. The first-order valence-electron chi connectivity index (χ1n) is 7.11. The van der Waals surface area contributed by atoms with Gasteiger partial charge in [0.25, 0.3) is 5.91 Å². The van der Waals surface area contributed by atoms with Crippen molar-refractivity contribution in [3.63, 3.8) is 0 Å². The molecular weight excluding hydrogens is 334 g/mol. The van der Waals surface area contributed by atoms with E-state index in [1.165, 1.54) is 0 Å². The summed E-state index contributed by atoms with van der Waals surface area (Å²) < 4.78 is 9.95. The van der Waals surface area contributed by atoms with Gasteiger partial charge in [-0.15, -0.1) is 0 Å². The zero-order chi connectivity index (χ0) is 16.5. The lowest BCUT2D eigenvalue weighted by Gasteiger charge is -2.11. The van der Waals surface area contributed by atoms with Crippen molar-refractivity contribution in [1.82, 2.24) is 20.9 Å². The van der Waals surface area contributed by atoms with Crippen molar-refractivity contribution in [2.75, 3.05) is 25.4 Å². The SMILES string of the molecule is C=CCOc1ccccc1CNCCNC(=O)c1nonc1N.[Cl-]. The quantitative estimate of drug-likeness (QED) is 0.344. The molecule has 0 aliphatic heterocycles. The van der Waals surface area contributed by atoms with Crippen LogP contribution in [0, 0.1) is 0 Å². The van der Waals surface area contributed by atoms with Gasteiger partial charge in [0.15, 0.2) is 0 Å². The highest BCUT2D eigenvalue weighted by Gasteiger charge is 2.14. The van der Waals surface area contributed by atoms with Gasteiger partial charge >= 0.3 is 0 Å². The molecule has 2 rings (SSSR count). The number of halogens is 1. The first-order valence-corrected chi connectivity index (χ1v) is 7.11. The Labute approximate surface area is 145 Å². The number of aromatic nitrogens is 2. The van der Waals surface area contributed by atoms with Crippen LogP contribution < -0.4 is 33.5 Å². The fourth-order valence-electron chi connectivity index (χ4n) is 1.86. The van der Waals surface area contributed by atoms with Gasteiger partial charge in [-0.2, -0.15) is 0 Å². The zero-order valence-corrected chi connectivity index (χ0v) is 13.8. The monoisotopic (exact) mass is 352 g/mol. The Hall–Kier alpha value is -2.58. The predicted molar refractivity (Wildman–Crippen MR) is 84.9 cm³/mol. The van der Waals surface area contributed by atoms with E-state index in [0.29, 0.717) is 26.2 Å². The molecule has 0 bridgehead atoms. The van der Waals surface area contributed by atoms with Crippen LogP contribution in [0.4, 0.5) is 5.82 Å². The molecule has 24 heavy (non-hydrogen) atoms. The molecule has 0 radical (unpaired) electrons. The van der Waals surface area contributed by atoms with Gasteiger partial charge in [-0.1, -0.05) is 30.9 Å². The fourth-order valence-corrected chi connectivity index (χ4v) is 1.86. The molecule has 130 valence electrons. The first kappa shape index (κ1) is 19.5. The molecule has 1 amide bonds. The molecule has 0 saturated heterocycles. The molecule has 0 atom stereocenters. The predicted octanol–water partition coefficient (Wildman–Crippen LogP) is -2.26. The van der Waals surface area contributed by atoms with Crippen molar-refractivity contribution in [3.05, 3.63) is 48.2 Å². The summed E-state index contributed by atoms with van der Waals surface area (Å²) in [5.74, 6) is 0.370. The first-order chi connectivity index (χ1) is 11.2. The van der Waals surface area contributed by atoms with Crippen LogP contribution in [-0.2, 0) is 6.54 Å². The highest BCUT2D eigenvalue weighted by molar-refractivity contribution is 5.95. The molecule has 2 aromatic rings. The van der Waals surface area contributed by atoms with Crippen LogP contribution in [0.5, 0.6) is 5.75 Å². The van der Waals surface area contributed by atoms with Crippen LogP contribution in [0.1, 0.15) is 16.1 Å². The van der Waals surface area contributed by atoms with Gasteiger partial charge in [0.1, 0.15) is 12.4 Å². The van der Waals surface area contributed by atoms with Crippen molar-refractivity contribution in [3.8, 4) is 5.75 Å². The third kappa shape index (κ3) is 5.56. The number of nitrogen functional groups attached to an aromatic ring is 1. The Kier molecular flexibility index (Phi) is 8.31. The number of anilines is 1. The Morgan fingerprint density at radius 1 is 1.33 bits per heavy atom. The van der Waals surface area contributed by atoms with Gasteiger partial charge in [0.05, 0.1) is 0 Å². The van der Waals surface area contributed by atoms with E-state index in [4.69, 9.17) is 10.5 Å². The van der Waals surface area contributed by atoms with Crippen LogP contribution in [0.3, 0.4) is 0 Å². The van der Waals surface area contributed by atoms with Crippen molar-refractivity contribution in [2.45, 2.75) is 6.54 Å². The highest BCUT2D eigenvalue weighted by atomic mass is 35.5. The Morgan fingerprint density at radius 2 is 2.12 bits per heavy atom. The number of para-hydroxylation sites is 1. The van der Waals surface area contributed by atoms with Gasteiger partial charge in [0.2, 0.25) is 11.5 Å². The van der Waals surface area contributed by atoms with Gasteiger partial charge < -0.3 is 33.5 Å². The summed E-state index contributed by atoms with van der Waals surface area (Å²) in [6.45, 7) is 5.70. The third-order valence-corrected chi connectivity index (χ3v) is 2.96. The minimum absolute atomic E-state index is 0. The maximum atomic E-state index is 11.7. The van der Waals surface area contributed by atoms with Crippen molar-refractivity contribution >= 4 is 11.7 Å². The maximum Gasteiger partial charge on any atom is 0.277 e. The number of hydrogen-bond donors (Lipinski definition) is 3. The number of benzene rings is 1. The topological polar surface area (TPSA) is 115 Å². The summed E-state index contributed by atoms with van der Waals surface area (Å²) in [4.78, 5) is 11.7. The molecule has 1 aromatic carbocycles. The van der Waals surface area contributed by atoms with Gasteiger partial charge in [0, 0.05) is 25.2 Å². The second-order valence-corrected chi connectivity index (χ2v) is 4.64. The number of carbonyl (C=O) groups is 1. The van der Waals surface area contributed by atoms with Crippen LogP contribution >= 0.6 is 0 Å². The lowest BCUT2D eigenvalue weighted by Crippen LogP contribution is -3.00. The molecule has 0 fully saturated rings. The molecule has 4 N–H and O–H groups in total. The number of nitrogens with two attached hydrogens (primary N) is 1. The average Bonchev–Trinajstić information content (AvgIpc) is 2.99. The third-order valence-electron chi connectivity index (χ3n) is 2.96. The summed E-state index contributed by atoms with van der Waals surface area (Å²) in [7, 11) is 0. The van der Waals surface area contributed by atoms with Crippen LogP contribution in [0.15, 0.2) is 41.5 Å². The molecule has 8 nitrogen and oxygen atoms in total. The molecule has 0 spiro atoms. The lowest BCUT2D eigenvalue weighted by molar-refractivity contribution is -0.0000140. The lowest BCUT2D eigenvalue weighted by atomic mass is 10.2. The molecule has 0 aliphatic carbocycles. The molecule has 1 heterocycles. The van der Waals surface area contributed by atoms with E-state index in [9.17, 15) is 4.79 Å². The highest BCUT2D eigenvalue weighted by Crippen LogP contribution is 2.17. The number of rotatable bonds is 9. The average molecular weight is 353 g/mol. The normalized spacial score (nSPS) is 9.83. The van der Waals surface area contributed by atoms with Crippen molar-refractivity contribution in [2.24, 2.45) is 0 Å². The van der Waals surface area contributed by atoms with Gasteiger partial charge in [-0.25, -0.2) is 4.63 Å². The van der Waals surface area contributed by atoms with E-state index in [2.05, 4.69) is 32.2 Å². The van der Waals surface area contributed by atoms with Crippen molar-refractivity contribution in [1.29, 1.82) is 0 Å². The largest absolute Gasteiger partial charge is 1.00 e. The van der Waals surface area contributed by atoms with E-state index in [-0.39, 0.29) is 23.9 Å². The van der Waals surface area contributed by atoms with Crippen molar-refractivity contribution < 1.29 is 26.6 Å². The summed E-state index contributed by atoms with van der Waals surface area (Å²) in [6.07, 6.45) is 1.70. The number of nitrogens with one attached hydrogen (secondary N) is 2. The van der Waals surface area contributed by atoms with E-state index in [0.717, 1.165) is 11.3 Å². The van der Waals surface area contributed by atoms with Crippen LogP contribution in [0.2, 0.25) is 0 Å². The summed E-state index contributed by atoms with van der Waals surface area (Å²) in [5.41, 5.74) is 6.47. The van der Waals surface area contributed by atoms with Crippen LogP contribution in [-0.4, -0.2) is 35.9 Å². The Bertz CT molecular complexity index is 662. The number of ether oxygens (including phenoxy) is 1. The van der Waals surface area contributed by atoms with E-state index in [1.54, 1.807) is 6.08 Å². The standard InChI is InChI=1S/C15H19N5O3.ClH/c1-2-9-22-12-6-4-3-5-11(12)10-17-7-8-18-15(21)13-14(16)20-23-19-13;/h2-6,17H,1,7-10H2,(H2,16,20)(H,18,21);1H/p-1. The second kappa shape index (κ2) is 10.2. The summed E-state index contributed by atoms with van der Waals surface area (Å²) in [6, 6.07) is 7.74. The molecule has 9 heteroatoms. The second-order valence-electron chi connectivity index (χ2n) is 4.64.